The zero-order chi connectivity index (χ0) is 29.6. The van der Waals surface area contributed by atoms with Gasteiger partial charge in [-0.15, -0.1) is 0 Å². The number of nitrogens with one attached hydrogen (secondary N) is 2. The molecule has 9 nitrogen and oxygen atoms in total. The van der Waals surface area contributed by atoms with Crippen LogP contribution in [0.3, 0.4) is 0 Å². The first kappa shape index (κ1) is 28.2. The first-order valence-electron chi connectivity index (χ1n) is 13.3. The van der Waals surface area contributed by atoms with Gasteiger partial charge in [0, 0.05) is 47.1 Å². The summed E-state index contributed by atoms with van der Waals surface area (Å²) in [6.45, 7) is 2.15. The van der Waals surface area contributed by atoms with Gasteiger partial charge in [0.2, 0.25) is 5.91 Å². The number of carbonyl (C=O) groups is 3. The van der Waals surface area contributed by atoms with Crippen molar-refractivity contribution in [3.05, 3.63) is 96.6 Å². The van der Waals surface area contributed by atoms with Crippen LogP contribution < -0.4 is 10.2 Å². The van der Waals surface area contributed by atoms with Gasteiger partial charge in [-0.05, 0) is 60.8 Å². The van der Waals surface area contributed by atoms with E-state index in [2.05, 4.69) is 25.0 Å². The number of aromatic nitrogens is 3. The van der Waals surface area contributed by atoms with Crippen LogP contribution in [0, 0.1) is 5.82 Å². The maximum atomic E-state index is 13.7. The Morgan fingerprint density at radius 2 is 1.69 bits per heavy atom. The molecule has 0 bridgehead atoms. The van der Waals surface area contributed by atoms with Crippen LogP contribution in [0.4, 0.5) is 15.8 Å². The Morgan fingerprint density at radius 3 is 2.43 bits per heavy atom. The van der Waals surface area contributed by atoms with Crippen molar-refractivity contribution in [2.24, 2.45) is 0 Å². The summed E-state index contributed by atoms with van der Waals surface area (Å²) >= 11 is 0. The van der Waals surface area contributed by atoms with Crippen molar-refractivity contribution in [1.29, 1.82) is 0 Å². The highest BCUT2D eigenvalue weighted by molar-refractivity contribution is 6.08. The number of anilines is 2. The number of hydrogen-bond donors (Lipinski definition) is 2. The molecular weight excluding hydrogens is 537 g/mol. The molecule has 3 aromatic carbocycles. The van der Waals surface area contributed by atoms with Gasteiger partial charge in [0.25, 0.3) is 5.91 Å². The van der Waals surface area contributed by atoms with Gasteiger partial charge < -0.3 is 19.9 Å². The summed E-state index contributed by atoms with van der Waals surface area (Å²) in [5, 5.41) is 4.80. The smallest absolute Gasteiger partial charge is 0.306 e. The third-order valence-electron chi connectivity index (χ3n) is 6.71. The average molecular weight is 566 g/mol. The molecule has 2 aromatic heterocycles. The fourth-order valence-corrected chi connectivity index (χ4v) is 4.55. The molecular formula is C32H28FN5O4. The van der Waals surface area contributed by atoms with E-state index < -0.39 is 17.7 Å². The van der Waals surface area contributed by atoms with E-state index in [0.29, 0.717) is 46.3 Å². The molecule has 2 heterocycles. The third kappa shape index (κ3) is 6.33. The summed E-state index contributed by atoms with van der Waals surface area (Å²) in [5.74, 6) is -1.12. The van der Waals surface area contributed by atoms with Gasteiger partial charge in [-0.25, -0.2) is 9.37 Å². The Hall–Kier alpha value is -5.38. The molecule has 2 amide bonds. The fourth-order valence-electron chi connectivity index (χ4n) is 4.55. The molecule has 0 spiro atoms. The van der Waals surface area contributed by atoms with Crippen molar-refractivity contribution < 1.29 is 23.5 Å². The van der Waals surface area contributed by atoms with E-state index in [1.54, 1.807) is 30.6 Å². The summed E-state index contributed by atoms with van der Waals surface area (Å²) in [5.41, 5.74) is 3.03. The van der Waals surface area contributed by atoms with Gasteiger partial charge in [-0.3, -0.25) is 19.4 Å². The molecule has 0 aliphatic carbocycles. The molecule has 0 radical (unpaired) electrons. The monoisotopic (exact) mass is 565 g/mol. The zero-order valence-corrected chi connectivity index (χ0v) is 23.1. The van der Waals surface area contributed by atoms with Gasteiger partial charge in [0.15, 0.2) is 5.82 Å². The number of aromatic amines is 1. The van der Waals surface area contributed by atoms with Crippen LogP contribution in [-0.2, 0) is 14.3 Å². The fraction of sp³-hybridized carbons (Fsp3) is 0.156. The predicted molar refractivity (Wildman–Crippen MR) is 158 cm³/mol. The quantitative estimate of drug-likeness (QED) is 0.212. The van der Waals surface area contributed by atoms with E-state index >= 15 is 0 Å². The number of amides is 2. The van der Waals surface area contributed by atoms with Gasteiger partial charge in [0.1, 0.15) is 11.5 Å². The number of benzene rings is 3. The Balaban J connectivity index is 1.50. The van der Waals surface area contributed by atoms with Crippen LogP contribution in [-0.4, -0.2) is 46.4 Å². The van der Waals surface area contributed by atoms with E-state index in [-0.39, 0.29) is 18.7 Å². The van der Waals surface area contributed by atoms with Crippen LogP contribution in [0.15, 0.2) is 85.2 Å². The van der Waals surface area contributed by atoms with Crippen molar-refractivity contribution in [1.82, 2.24) is 15.0 Å². The molecule has 2 N–H and O–H groups in total. The molecule has 0 fully saturated rings. The summed E-state index contributed by atoms with van der Waals surface area (Å²) in [4.78, 5) is 51.7. The number of ether oxygens (including phenoxy) is 1. The van der Waals surface area contributed by atoms with E-state index in [1.165, 1.54) is 36.3 Å². The number of carbonyl (C=O) groups excluding carboxylic acids is 3. The second-order valence-corrected chi connectivity index (χ2v) is 9.51. The topological polar surface area (TPSA) is 117 Å². The molecule has 0 aliphatic rings. The number of nitrogens with zero attached hydrogens (tertiary/aromatic N) is 3. The second kappa shape index (κ2) is 12.4. The Bertz CT molecular complexity index is 1770. The number of hydrogen-bond acceptors (Lipinski definition) is 6. The number of pyridine rings is 1. The number of methoxy groups -OCH3 is 1. The summed E-state index contributed by atoms with van der Waals surface area (Å²) < 4.78 is 18.2. The molecule has 0 aliphatic heterocycles. The van der Waals surface area contributed by atoms with Crippen molar-refractivity contribution in [2.45, 2.75) is 19.8 Å². The first-order chi connectivity index (χ1) is 20.3. The molecule has 5 rings (SSSR count). The summed E-state index contributed by atoms with van der Waals surface area (Å²) in [6, 6.07) is 20.5. The van der Waals surface area contributed by atoms with Crippen molar-refractivity contribution in [3.8, 4) is 22.8 Å². The molecule has 0 unspecified atom stereocenters. The molecule has 0 saturated heterocycles. The van der Waals surface area contributed by atoms with Gasteiger partial charge >= 0.3 is 5.97 Å². The highest BCUT2D eigenvalue weighted by atomic mass is 19.1. The minimum Gasteiger partial charge on any atom is -0.469 e. The SMILES string of the molecule is CCN(C(=O)c1cc(NC(=O)CCC(=O)OC)cc(-c2cnc(-c3cc4ccccc4cn3)[nH]2)c1)c1ccc(F)cc1. The van der Waals surface area contributed by atoms with Crippen LogP contribution in [0.25, 0.3) is 33.5 Å². The average Bonchev–Trinajstić information content (AvgIpc) is 3.51. The molecule has 212 valence electrons. The summed E-state index contributed by atoms with van der Waals surface area (Å²) in [7, 11) is 1.26. The molecule has 10 heteroatoms. The lowest BCUT2D eigenvalue weighted by Crippen LogP contribution is -2.30. The van der Waals surface area contributed by atoms with E-state index in [1.807, 2.05) is 37.3 Å². The minimum atomic E-state index is -0.500. The highest BCUT2D eigenvalue weighted by Crippen LogP contribution is 2.28. The second-order valence-electron chi connectivity index (χ2n) is 9.51. The highest BCUT2D eigenvalue weighted by Gasteiger charge is 2.20. The number of H-pyrrole nitrogens is 1. The standard InChI is InChI=1S/C32H28FN5O4/c1-3-38(26-10-8-24(33)9-11-26)32(41)23-14-22(15-25(16-23)36-29(39)12-13-30(40)42-2)28-19-35-31(37-28)27-17-20-6-4-5-7-21(20)18-34-27/h4-11,14-19H,3,12-13H2,1-2H3,(H,35,37)(H,36,39). The molecule has 0 saturated carbocycles. The van der Waals surface area contributed by atoms with E-state index in [0.717, 1.165) is 10.8 Å². The molecule has 0 atom stereocenters. The Morgan fingerprint density at radius 1 is 0.929 bits per heavy atom. The number of fused-ring (bicyclic) bond motifs is 1. The van der Waals surface area contributed by atoms with E-state index in [4.69, 9.17) is 0 Å². The van der Waals surface area contributed by atoms with Crippen LogP contribution in [0.5, 0.6) is 0 Å². The zero-order valence-electron chi connectivity index (χ0n) is 23.1. The predicted octanol–water partition coefficient (Wildman–Crippen LogP) is 5.99. The number of halogens is 1. The molecule has 42 heavy (non-hydrogen) atoms. The van der Waals surface area contributed by atoms with Crippen molar-refractivity contribution >= 4 is 39.9 Å². The van der Waals surface area contributed by atoms with Gasteiger partial charge in [0.05, 0.1) is 25.4 Å². The largest absolute Gasteiger partial charge is 0.469 e. The Labute approximate surface area is 241 Å². The van der Waals surface area contributed by atoms with Crippen molar-refractivity contribution in [3.63, 3.8) is 0 Å². The number of esters is 1. The number of rotatable bonds is 9. The van der Waals surface area contributed by atoms with Crippen LogP contribution >= 0.6 is 0 Å². The maximum absolute atomic E-state index is 13.7. The first-order valence-corrected chi connectivity index (χ1v) is 13.3. The lowest BCUT2D eigenvalue weighted by atomic mass is 10.0. The Kier molecular flexibility index (Phi) is 8.33. The van der Waals surface area contributed by atoms with E-state index in [9.17, 15) is 18.8 Å². The van der Waals surface area contributed by atoms with Crippen LogP contribution in [0.1, 0.15) is 30.1 Å². The lowest BCUT2D eigenvalue weighted by Gasteiger charge is -2.22. The van der Waals surface area contributed by atoms with Crippen molar-refractivity contribution in [2.75, 3.05) is 23.9 Å². The normalized spacial score (nSPS) is 10.8. The number of imidazole rings is 1. The summed E-state index contributed by atoms with van der Waals surface area (Å²) in [6.07, 6.45) is 3.25. The third-order valence-corrected chi connectivity index (χ3v) is 6.71. The molecule has 5 aromatic rings. The van der Waals surface area contributed by atoms with Gasteiger partial charge in [-0.1, -0.05) is 24.3 Å². The van der Waals surface area contributed by atoms with Gasteiger partial charge in [-0.2, -0.15) is 0 Å². The lowest BCUT2D eigenvalue weighted by molar-refractivity contribution is -0.141. The van der Waals surface area contributed by atoms with Crippen LogP contribution in [0.2, 0.25) is 0 Å². The maximum Gasteiger partial charge on any atom is 0.306 e. The minimum absolute atomic E-state index is 0.0787.